The van der Waals surface area contributed by atoms with Gasteiger partial charge in [0.1, 0.15) is 10.7 Å². The van der Waals surface area contributed by atoms with Gasteiger partial charge in [-0.05, 0) is 53.5 Å². The van der Waals surface area contributed by atoms with E-state index >= 15 is 4.39 Å². The second-order valence-electron chi connectivity index (χ2n) is 9.52. The van der Waals surface area contributed by atoms with Crippen LogP contribution in [0.4, 0.5) is 4.39 Å². The third-order valence-corrected chi connectivity index (χ3v) is 8.01. The monoisotopic (exact) mass is 554 g/mol. The molecule has 10 heteroatoms. The van der Waals surface area contributed by atoms with Crippen LogP contribution in [0.3, 0.4) is 0 Å². The first-order valence-corrected chi connectivity index (χ1v) is 13.7. The van der Waals surface area contributed by atoms with Gasteiger partial charge in [-0.2, -0.15) is 17.8 Å². The number of benzene rings is 2. The topological polar surface area (TPSA) is 78.3 Å². The van der Waals surface area contributed by atoms with Gasteiger partial charge in [0.2, 0.25) is 0 Å². The Morgan fingerprint density at radius 1 is 0.972 bits per heavy atom. The highest BCUT2D eigenvalue weighted by atomic mass is 35.5. The SMILES string of the molecule is Cc1nc(OS(=O)(=O)c2c(C(C)C)cc(C(C)C)cc2C(C)C)c(F)c(=O)n1-c1cccc(Cl)c1Cl. The van der Waals surface area contributed by atoms with Crippen LogP contribution in [0.5, 0.6) is 5.88 Å². The van der Waals surface area contributed by atoms with Crippen molar-refractivity contribution in [1.29, 1.82) is 0 Å². The lowest BCUT2D eigenvalue weighted by molar-refractivity contribution is 0.435. The minimum Gasteiger partial charge on any atom is -0.355 e. The zero-order valence-corrected chi connectivity index (χ0v) is 23.5. The number of nitrogens with zero attached hydrogens (tertiary/aromatic N) is 2. The Labute approximate surface area is 221 Å². The largest absolute Gasteiger partial charge is 0.355 e. The molecule has 0 unspecified atom stereocenters. The molecule has 1 aromatic heterocycles. The number of aromatic nitrogens is 2. The Balaban J connectivity index is 2.21. The van der Waals surface area contributed by atoms with Gasteiger partial charge < -0.3 is 4.18 Å². The maximum atomic E-state index is 15.2. The predicted molar refractivity (Wildman–Crippen MR) is 141 cm³/mol. The van der Waals surface area contributed by atoms with E-state index < -0.39 is 27.4 Å². The molecule has 0 bridgehead atoms. The highest BCUT2D eigenvalue weighted by Crippen LogP contribution is 2.36. The Morgan fingerprint density at radius 3 is 2.03 bits per heavy atom. The molecule has 0 spiro atoms. The number of rotatable bonds is 7. The second kappa shape index (κ2) is 10.5. The van der Waals surface area contributed by atoms with E-state index in [1.807, 2.05) is 53.7 Å². The van der Waals surface area contributed by atoms with E-state index in [1.165, 1.54) is 19.1 Å². The van der Waals surface area contributed by atoms with Crippen LogP contribution in [-0.2, 0) is 10.1 Å². The Kier molecular flexibility index (Phi) is 8.23. The lowest BCUT2D eigenvalue weighted by atomic mass is 9.89. The lowest BCUT2D eigenvalue weighted by Gasteiger charge is -2.22. The summed E-state index contributed by atoms with van der Waals surface area (Å²) in [6.07, 6.45) is 0. The van der Waals surface area contributed by atoms with Gasteiger partial charge in [0.25, 0.3) is 17.3 Å². The molecule has 3 rings (SSSR count). The van der Waals surface area contributed by atoms with Crippen molar-refractivity contribution in [1.82, 2.24) is 9.55 Å². The standard InChI is InChI=1S/C26H29Cl2FN2O4S/c1-13(2)17-11-18(14(3)4)24(19(12-17)15(5)6)36(33,34)35-25-23(29)26(32)31(16(7)30-25)21-10-8-9-20(27)22(21)28/h8-15H,1-7H3. The van der Waals surface area contributed by atoms with E-state index in [2.05, 4.69) is 4.98 Å². The van der Waals surface area contributed by atoms with E-state index in [0.29, 0.717) is 11.1 Å². The fourth-order valence-corrected chi connectivity index (χ4v) is 5.86. The normalized spacial score (nSPS) is 12.1. The summed E-state index contributed by atoms with van der Waals surface area (Å²) in [5.41, 5.74) is 1.05. The first-order valence-electron chi connectivity index (χ1n) is 11.5. The van der Waals surface area contributed by atoms with Crippen LogP contribution in [0.25, 0.3) is 5.69 Å². The number of hydrogen-bond donors (Lipinski definition) is 0. The Hall–Kier alpha value is -2.42. The van der Waals surface area contributed by atoms with Crippen LogP contribution in [-0.4, -0.2) is 18.0 Å². The van der Waals surface area contributed by atoms with Gasteiger partial charge in [-0.15, -0.1) is 0 Å². The fraction of sp³-hybridized carbons (Fsp3) is 0.385. The number of aryl methyl sites for hydroxylation is 1. The molecule has 0 aliphatic carbocycles. The van der Waals surface area contributed by atoms with E-state index in [9.17, 15) is 13.2 Å². The fourth-order valence-electron chi connectivity index (χ4n) is 3.91. The molecule has 0 saturated heterocycles. The summed E-state index contributed by atoms with van der Waals surface area (Å²) >= 11 is 12.3. The van der Waals surface area contributed by atoms with Crippen molar-refractivity contribution in [3.05, 3.63) is 79.1 Å². The van der Waals surface area contributed by atoms with Crippen molar-refractivity contribution in [2.24, 2.45) is 0 Å². The molecule has 3 aromatic rings. The molecule has 0 saturated carbocycles. The summed E-state index contributed by atoms with van der Waals surface area (Å²) in [4.78, 5) is 16.9. The maximum Gasteiger partial charge on any atom is 0.341 e. The van der Waals surface area contributed by atoms with Crippen LogP contribution < -0.4 is 9.74 Å². The number of halogens is 3. The highest BCUT2D eigenvalue weighted by molar-refractivity contribution is 7.87. The first kappa shape index (κ1) is 28.2. The molecule has 1 heterocycles. The van der Waals surface area contributed by atoms with Crippen molar-refractivity contribution in [2.45, 2.75) is 71.1 Å². The third-order valence-electron chi connectivity index (χ3n) is 5.86. The van der Waals surface area contributed by atoms with Crippen molar-refractivity contribution in [3.63, 3.8) is 0 Å². The molecule has 0 atom stereocenters. The minimum absolute atomic E-state index is 0.0280. The zero-order valence-electron chi connectivity index (χ0n) is 21.2. The lowest BCUT2D eigenvalue weighted by Crippen LogP contribution is -2.28. The first-order chi connectivity index (χ1) is 16.7. The smallest absolute Gasteiger partial charge is 0.341 e. The van der Waals surface area contributed by atoms with Crippen molar-refractivity contribution in [3.8, 4) is 11.6 Å². The van der Waals surface area contributed by atoms with E-state index in [4.69, 9.17) is 27.4 Å². The zero-order chi connectivity index (χ0) is 27.1. The molecule has 0 radical (unpaired) electrons. The van der Waals surface area contributed by atoms with Gasteiger partial charge in [-0.3, -0.25) is 9.36 Å². The van der Waals surface area contributed by atoms with Gasteiger partial charge in [-0.25, -0.2) is 0 Å². The van der Waals surface area contributed by atoms with Crippen LogP contribution in [0.15, 0.2) is 40.0 Å². The molecule has 0 amide bonds. The van der Waals surface area contributed by atoms with Gasteiger partial charge in [0.15, 0.2) is 0 Å². The van der Waals surface area contributed by atoms with Gasteiger partial charge in [0.05, 0.1) is 15.7 Å². The summed E-state index contributed by atoms with van der Waals surface area (Å²) in [5.74, 6) is -2.57. The van der Waals surface area contributed by atoms with Crippen LogP contribution in [0.1, 0.15) is 81.8 Å². The van der Waals surface area contributed by atoms with Crippen LogP contribution >= 0.6 is 23.2 Å². The van der Waals surface area contributed by atoms with E-state index in [0.717, 1.165) is 10.1 Å². The summed E-state index contributed by atoms with van der Waals surface area (Å²) in [7, 11) is -4.55. The highest BCUT2D eigenvalue weighted by Gasteiger charge is 2.31. The average molecular weight is 555 g/mol. The van der Waals surface area contributed by atoms with Gasteiger partial charge >= 0.3 is 10.1 Å². The van der Waals surface area contributed by atoms with Gasteiger partial charge in [0, 0.05) is 0 Å². The van der Waals surface area contributed by atoms with Crippen LogP contribution in [0.2, 0.25) is 10.0 Å². The Bertz CT molecular complexity index is 1450. The molecular formula is C26H29Cl2FN2O4S. The van der Waals surface area contributed by atoms with Crippen molar-refractivity contribution >= 4 is 33.3 Å². The summed E-state index contributed by atoms with van der Waals surface area (Å²) in [5, 5.41) is 0.191. The maximum absolute atomic E-state index is 15.2. The average Bonchev–Trinajstić information content (AvgIpc) is 2.78. The molecular weight excluding hydrogens is 526 g/mol. The van der Waals surface area contributed by atoms with Crippen LogP contribution in [0, 0.1) is 12.7 Å². The molecule has 0 N–H and O–H groups in total. The summed E-state index contributed by atoms with van der Waals surface area (Å²) < 4.78 is 48.5. The molecule has 194 valence electrons. The quantitative estimate of drug-likeness (QED) is 0.290. The van der Waals surface area contributed by atoms with E-state index in [1.54, 1.807) is 6.07 Å². The molecule has 2 aromatic carbocycles. The molecule has 0 aliphatic rings. The molecule has 0 fully saturated rings. The predicted octanol–water partition coefficient (Wildman–Crippen LogP) is 7.12. The van der Waals surface area contributed by atoms with E-state index in [-0.39, 0.29) is 44.2 Å². The Morgan fingerprint density at radius 2 is 1.53 bits per heavy atom. The minimum atomic E-state index is -4.55. The van der Waals surface area contributed by atoms with Crippen molar-refractivity contribution in [2.75, 3.05) is 0 Å². The summed E-state index contributed by atoms with van der Waals surface area (Å²) in [6.45, 7) is 13.0. The van der Waals surface area contributed by atoms with Crippen molar-refractivity contribution < 1.29 is 17.0 Å². The molecule has 36 heavy (non-hydrogen) atoms. The second-order valence-corrected chi connectivity index (χ2v) is 11.8. The third kappa shape index (κ3) is 5.31. The molecule has 0 aliphatic heterocycles. The number of hydrogen-bond acceptors (Lipinski definition) is 5. The molecule has 6 nitrogen and oxygen atoms in total. The van der Waals surface area contributed by atoms with Gasteiger partial charge in [-0.1, -0.05) is 82.9 Å². The summed E-state index contributed by atoms with van der Waals surface area (Å²) in [6, 6.07) is 8.22.